The van der Waals surface area contributed by atoms with E-state index in [1.54, 1.807) is 31.3 Å². The summed E-state index contributed by atoms with van der Waals surface area (Å²) < 4.78 is 39.7. The molecule has 1 aromatic carbocycles. The highest BCUT2D eigenvalue weighted by molar-refractivity contribution is 5.91. The fourth-order valence-electron chi connectivity index (χ4n) is 3.29. The second kappa shape index (κ2) is 7.21. The highest BCUT2D eigenvalue weighted by atomic mass is 19.4. The molecule has 1 aliphatic heterocycles. The highest BCUT2D eigenvalue weighted by Crippen LogP contribution is 2.35. The summed E-state index contributed by atoms with van der Waals surface area (Å²) >= 11 is 0. The second-order valence-electron chi connectivity index (χ2n) is 7.18. The van der Waals surface area contributed by atoms with Crippen LogP contribution >= 0.6 is 0 Å². The predicted molar refractivity (Wildman–Crippen MR) is 106 cm³/mol. The van der Waals surface area contributed by atoms with Crippen LogP contribution in [0.15, 0.2) is 36.7 Å². The molecule has 158 valence electrons. The summed E-state index contributed by atoms with van der Waals surface area (Å²) in [7, 11) is 1.59. The number of likely N-dealkylation sites (N-methyl/N-ethyl adjacent to an activating group) is 1. The fourth-order valence-corrected chi connectivity index (χ4v) is 3.29. The van der Waals surface area contributed by atoms with Crippen LogP contribution in [0.5, 0.6) is 0 Å². The van der Waals surface area contributed by atoms with Crippen molar-refractivity contribution in [2.45, 2.75) is 18.2 Å². The Kier molecular flexibility index (Phi) is 4.78. The number of rotatable bonds is 1. The van der Waals surface area contributed by atoms with Crippen LogP contribution in [0.25, 0.3) is 22.3 Å². The van der Waals surface area contributed by atoms with Gasteiger partial charge in [0.1, 0.15) is 11.3 Å². The normalized spacial score (nSPS) is 18.9. The number of anilines is 1. The molecule has 4 rings (SSSR count). The Morgan fingerprint density at radius 1 is 1.26 bits per heavy atom. The van der Waals surface area contributed by atoms with E-state index in [0.717, 1.165) is 6.20 Å². The van der Waals surface area contributed by atoms with Crippen LogP contribution < -0.4 is 5.73 Å². The van der Waals surface area contributed by atoms with E-state index in [2.05, 4.69) is 26.8 Å². The standard InChI is InChI=1S/C21H16F3N5O2/c1-29-8-7-20(31,19(29)30)6-5-12-3-2-4-13(9-12)18-27-10-14-15(21(22,23)24)11-26-17(25)16(14)28-18/h2-4,9-11,31H,7-8H2,1H3,(H2,25,26). The molecule has 0 radical (unpaired) electrons. The lowest BCUT2D eigenvalue weighted by Crippen LogP contribution is -2.37. The molecule has 0 aliphatic carbocycles. The number of alkyl halides is 3. The van der Waals surface area contributed by atoms with E-state index in [-0.39, 0.29) is 29.0 Å². The molecule has 0 spiro atoms. The monoisotopic (exact) mass is 427 g/mol. The van der Waals surface area contributed by atoms with E-state index in [1.165, 1.54) is 4.90 Å². The molecule has 1 aliphatic rings. The summed E-state index contributed by atoms with van der Waals surface area (Å²) in [6.07, 6.45) is -2.70. The first-order chi connectivity index (χ1) is 14.6. The average molecular weight is 427 g/mol. The van der Waals surface area contributed by atoms with Crippen molar-refractivity contribution in [2.24, 2.45) is 0 Å². The molecule has 7 nitrogen and oxygen atoms in total. The molecule has 0 saturated carbocycles. The number of nitrogens with two attached hydrogens (primary N) is 1. The van der Waals surface area contributed by atoms with E-state index < -0.39 is 23.2 Å². The Labute approximate surface area is 174 Å². The third-order valence-corrected chi connectivity index (χ3v) is 5.00. The molecule has 3 heterocycles. The van der Waals surface area contributed by atoms with E-state index in [1.807, 2.05) is 0 Å². The molecule has 2 aromatic heterocycles. The largest absolute Gasteiger partial charge is 0.418 e. The minimum Gasteiger partial charge on any atom is -0.382 e. The smallest absolute Gasteiger partial charge is 0.382 e. The zero-order valence-electron chi connectivity index (χ0n) is 16.2. The maximum Gasteiger partial charge on any atom is 0.418 e. The number of pyridine rings is 1. The van der Waals surface area contributed by atoms with Crippen molar-refractivity contribution in [2.75, 3.05) is 19.3 Å². The van der Waals surface area contributed by atoms with E-state index >= 15 is 0 Å². The maximum atomic E-state index is 13.2. The number of aliphatic hydroxyl groups is 1. The van der Waals surface area contributed by atoms with E-state index in [0.29, 0.717) is 23.9 Å². The van der Waals surface area contributed by atoms with Gasteiger partial charge in [-0.05, 0) is 12.1 Å². The molecule has 31 heavy (non-hydrogen) atoms. The number of likely N-dealkylation sites (tertiary alicyclic amines) is 1. The van der Waals surface area contributed by atoms with Gasteiger partial charge in [-0.3, -0.25) is 4.79 Å². The van der Waals surface area contributed by atoms with Gasteiger partial charge in [0, 0.05) is 48.9 Å². The number of carbonyl (C=O) groups excluding carboxylic acids is 1. The molecule has 1 saturated heterocycles. The van der Waals surface area contributed by atoms with Crippen LogP contribution in [-0.2, 0) is 11.0 Å². The van der Waals surface area contributed by atoms with Crippen molar-refractivity contribution >= 4 is 22.6 Å². The van der Waals surface area contributed by atoms with Gasteiger partial charge >= 0.3 is 6.18 Å². The van der Waals surface area contributed by atoms with E-state index in [9.17, 15) is 23.1 Å². The molecule has 1 unspecified atom stereocenters. The number of hydrogen-bond donors (Lipinski definition) is 2. The number of fused-ring (bicyclic) bond motifs is 1. The first kappa shape index (κ1) is 20.6. The lowest BCUT2D eigenvalue weighted by molar-refractivity contribution is -0.137. The lowest BCUT2D eigenvalue weighted by Gasteiger charge is -2.13. The van der Waals surface area contributed by atoms with Gasteiger partial charge in [-0.15, -0.1) is 0 Å². The predicted octanol–water partition coefficient (Wildman–Crippen LogP) is 2.24. The van der Waals surface area contributed by atoms with E-state index in [4.69, 9.17) is 5.73 Å². The first-order valence-corrected chi connectivity index (χ1v) is 9.18. The molecular weight excluding hydrogens is 411 g/mol. The Balaban J connectivity index is 1.73. The summed E-state index contributed by atoms with van der Waals surface area (Å²) in [4.78, 5) is 25.3. The van der Waals surface area contributed by atoms with Gasteiger partial charge in [-0.25, -0.2) is 15.0 Å². The summed E-state index contributed by atoms with van der Waals surface area (Å²) in [5, 5.41) is 10.2. The number of hydrogen-bond acceptors (Lipinski definition) is 6. The summed E-state index contributed by atoms with van der Waals surface area (Å²) in [5.74, 6) is 4.92. The van der Waals surface area contributed by atoms with Gasteiger partial charge in [-0.2, -0.15) is 13.2 Å². The molecule has 10 heteroatoms. The van der Waals surface area contributed by atoms with Crippen molar-refractivity contribution in [3.8, 4) is 23.2 Å². The molecule has 3 aromatic rings. The SMILES string of the molecule is CN1CCC(O)(C#Cc2cccc(-c3ncc4c(C(F)(F)F)cnc(N)c4n3)c2)C1=O. The van der Waals surface area contributed by atoms with Crippen molar-refractivity contribution in [1.29, 1.82) is 0 Å². The summed E-state index contributed by atoms with van der Waals surface area (Å²) in [5.41, 5.74) is 3.89. The average Bonchev–Trinajstić information content (AvgIpc) is 3.00. The number of carbonyl (C=O) groups is 1. The van der Waals surface area contributed by atoms with Crippen LogP contribution in [0.3, 0.4) is 0 Å². The molecule has 0 bridgehead atoms. The maximum absolute atomic E-state index is 13.2. The van der Waals surface area contributed by atoms with Crippen LogP contribution in [0, 0.1) is 11.8 Å². The first-order valence-electron chi connectivity index (χ1n) is 9.18. The van der Waals surface area contributed by atoms with Gasteiger partial charge in [0.25, 0.3) is 5.91 Å². The molecular formula is C21H16F3N5O2. The van der Waals surface area contributed by atoms with Crippen molar-refractivity contribution in [1.82, 2.24) is 19.9 Å². The number of aromatic nitrogens is 3. The Morgan fingerprint density at radius 3 is 2.71 bits per heavy atom. The van der Waals surface area contributed by atoms with Crippen LogP contribution in [-0.4, -0.2) is 50.1 Å². The van der Waals surface area contributed by atoms with Crippen molar-refractivity contribution in [3.63, 3.8) is 0 Å². The number of nitrogens with zero attached hydrogens (tertiary/aromatic N) is 4. The number of benzene rings is 1. The fraction of sp³-hybridized carbons (Fsp3) is 0.238. The van der Waals surface area contributed by atoms with Crippen LogP contribution in [0.2, 0.25) is 0 Å². The molecule has 3 N–H and O–H groups in total. The third-order valence-electron chi connectivity index (χ3n) is 5.00. The topological polar surface area (TPSA) is 105 Å². The highest BCUT2D eigenvalue weighted by Gasteiger charge is 2.42. The number of halogens is 3. The van der Waals surface area contributed by atoms with Crippen molar-refractivity contribution in [3.05, 3.63) is 47.8 Å². The van der Waals surface area contributed by atoms with Crippen LogP contribution in [0.4, 0.5) is 19.0 Å². The Hall–Kier alpha value is -3.71. The zero-order valence-corrected chi connectivity index (χ0v) is 16.2. The quantitative estimate of drug-likeness (QED) is 0.577. The van der Waals surface area contributed by atoms with Gasteiger partial charge in [0.15, 0.2) is 5.82 Å². The number of amides is 1. The Bertz CT molecular complexity index is 1270. The van der Waals surface area contributed by atoms with Crippen LogP contribution in [0.1, 0.15) is 17.5 Å². The summed E-state index contributed by atoms with van der Waals surface area (Å²) in [6, 6.07) is 6.60. The number of nitrogen functional groups attached to an aromatic ring is 1. The minimum atomic E-state index is -4.62. The molecule has 1 atom stereocenters. The van der Waals surface area contributed by atoms with Gasteiger partial charge in [-0.1, -0.05) is 24.0 Å². The lowest BCUT2D eigenvalue weighted by atomic mass is 10.0. The zero-order chi connectivity index (χ0) is 22.4. The van der Waals surface area contributed by atoms with Gasteiger partial charge < -0.3 is 15.7 Å². The van der Waals surface area contributed by atoms with Gasteiger partial charge in [0.2, 0.25) is 5.60 Å². The summed E-state index contributed by atoms with van der Waals surface area (Å²) in [6.45, 7) is 0.407. The molecule has 1 amide bonds. The van der Waals surface area contributed by atoms with Gasteiger partial charge in [0.05, 0.1) is 5.56 Å². The minimum absolute atomic E-state index is 0.106. The van der Waals surface area contributed by atoms with Crippen molar-refractivity contribution < 1.29 is 23.1 Å². The Morgan fingerprint density at radius 2 is 2.03 bits per heavy atom. The third kappa shape index (κ3) is 3.75. The molecule has 1 fully saturated rings. The second-order valence-corrected chi connectivity index (χ2v) is 7.18.